The van der Waals surface area contributed by atoms with E-state index in [1.165, 1.54) is 10.5 Å². The predicted octanol–water partition coefficient (Wildman–Crippen LogP) is 3.94. The van der Waals surface area contributed by atoms with Gasteiger partial charge >= 0.3 is 6.03 Å². The molecule has 1 aromatic carbocycles. The molecule has 0 saturated carbocycles. The molecule has 10 heteroatoms. The number of hydrogen-bond donors (Lipinski definition) is 3. The molecule has 2 aromatic rings. The molecule has 3 heterocycles. The highest BCUT2D eigenvalue weighted by molar-refractivity contribution is 6.06. The monoisotopic (exact) mass is 520 g/mol. The lowest BCUT2D eigenvalue weighted by Crippen LogP contribution is -2.40. The fourth-order valence-electron chi connectivity index (χ4n) is 5.20. The zero-order chi connectivity index (χ0) is 27.4. The van der Waals surface area contributed by atoms with Gasteiger partial charge < -0.3 is 10.2 Å². The second-order valence-electron chi connectivity index (χ2n) is 10.1. The molecule has 204 valence electrons. The Labute approximate surface area is 226 Å². The van der Waals surface area contributed by atoms with Gasteiger partial charge in [-0.15, -0.1) is 0 Å². The number of urea groups is 1. The number of amidine groups is 1. The number of piperidine rings is 1. The molecule has 4 rings (SSSR count). The van der Waals surface area contributed by atoms with Crippen molar-refractivity contribution < 1.29 is 11.0 Å². The second-order valence-corrected chi connectivity index (χ2v) is 10.1. The topological polar surface area (TPSA) is 120 Å². The molecule has 2 aliphatic rings. The number of benzene rings is 1. The highest BCUT2D eigenvalue weighted by atomic mass is 16.2. The third-order valence-electron chi connectivity index (χ3n) is 7.60. The van der Waals surface area contributed by atoms with Crippen LogP contribution >= 0.6 is 0 Å². The summed E-state index contributed by atoms with van der Waals surface area (Å²) in [4.78, 5) is 37.2. The van der Waals surface area contributed by atoms with E-state index in [9.17, 15) is 9.59 Å². The second kappa shape index (κ2) is 11.7. The van der Waals surface area contributed by atoms with Gasteiger partial charge in [-0.05, 0) is 76.5 Å². The Morgan fingerprint density at radius 2 is 1.74 bits per heavy atom. The van der Waals surface area contributed by atoms with E-state index in [4.69, 9.17) is 10.8 Å². The fourth-order valence-corrected chi connectivity index (χ4v) is 5.20. The number of pyridine rings is 1. The number of anilines is 2. The van der Waals surface area contributed by atoms with Gasteiger partial charge in [0.05, 0.1) is 6.34 Å². The van der Waals surface area contributed by atoms with Gasteiger partial charge in [-0.1, -0.05) is 18.2 Å². The molecule has 2 saturated heterocycles. The molecule has 0 spiro atoms. The van der Waals surface area contributed by atoms with Crippen molar-refractivity contribution in [1.29, 1.82) is 10.8 Å². The van der Waals surface area contributed by atoms with Crippen LogP contribution < -0.4 is 15.1 Å². The van der Waals surface area contributed by atoms with Gasteiger partial charge in [0, 0.05) is 45.3 Å². The standard InChI is InChI=1S/C28H38N8O2.H2/c1-19(2)36(18-29)26(30)24-6-5-7-25(32-24)35-17-16-34(28(35)38)23-10-8-21(9-11-23)20(3)33-14-12-22(13-15-33)27(37)31-4;/h5-11,18-20,22,29-30H,12-17H2,1-4H3,(H,31,37);1H. The summed E-state index contributed by atoms with van der Waals surface area (Å²) in [6.45, 7) is 8.83. The van der Waals surface area contributed by atoms with Gasteiger partial charge in [-0.2, -0.15) is 0 Å². The van der Waals surface area contributed by atoms with Crippen molar-refractivity contribution in [2.24, 2.45) is 5.92 Å². The number of rotatable bonds is 8. The normalized spacial score (nSPS) is 17.6. The lowest BCUT2D eigenvalue weighted by atomic mass is 9.94. The third-order valence-corrected chi connectivity index (χ3v) is 7.60. The van der Waals surface area contributed by atoms with Crippen molar-refractivity contribution in [2.75, 3.05) is 43.0 Å². The molecule has 1 unspecified atom stereocenters. The Bertz CT molecular complexity index is 1180. The van der Waals surface area contributed by atoms with E-state index >= 15 is 0 Å². The summed E-state index contributed by atoms with van der Waals surface area (Å²) in [5.74, 6) is 0.859. The van der Waals surface area contributed by atoms with Crippen LogP contribution in [0.25, 0.3) is 0 Å². The molecule has 2 fully saturated rings. The van der Waals surface area contributed by atoms with Crippen molar-refractivity contribution >= 4 is 35.6 Å². The number of aromatic nitrogens is 1. The van der Waals surface area contributed by atoms with E-state index in [1.807, 2.05) is 26.0 Å². The molecule has 38 heavy (non-hydrogen) atoms. The Morgan fingerprint density at radius 1 is 1.08 bits per heavy atom. The summed E-state index contributed by atoms with van der Waals surface area (Å²) in [5, 5.41) is 18.8. The Kier molecular flexibility index (Phi) is 8.41. The van der Waals surface area contributed by atoms with Crippen LogP contribution in [-0.4, -0.2) is 78.2 Å². The fraction of sp³-hybridized carbons (Fsp3) is 0.464. The SMILES string of the molecule is CNC(=O)C1CCN(C(C)c2ccc(N3CCN(c4cccc(C(=N)N(C=N)C(C)C)n4)C3=O)cc2)CC1.[HH]. The average molecular weight is 521 g/mol. The van der Waals surface area contributed by atoms with Crippen LogP contribution in [0.4, 0.5) is 16.3 Å². The van der Waals surface area contributed by atoms with E-state index in [1.54, 1.807) is 35.0 Å². The summed E-state index contributed by atoms with van der Waals surface area (Å²) in [5.41, 5.74) is 2.44. The molecule has 0 aliphatic carbocycles. The van der Waals surface area contributed by atoms with Crippen LogP contribution in [0.5, 0.6) is 0 Å². The van der Waals surface area contributed by atoms with E-state index < -0.39 is 0 Å². The molecule has 3 N–H and O–H groups in total. The maximum absolute atomic E-state index is 13.3. The molecular weight excluding hydrogens is 480 g/mol. The van der Waals surface area contributed by atoms with Crippen LogP contribution in [0.3, 0.4) is 0 Å². The molecule has 0 radical (unpaired) electrons. The minimum atomic E-state index is -0.147. The first kappa shape index (κ1) is 27.3. The molecule has 10 nitrogen and oxygen atoms in total. The molecule has 2 aliphatic heterocycles. The van der Waals surface area contributed by atoms with Crippen molar-refractivity contribution in [3.05, 3.63) is 53.7 Å². The number of hydrogen-bond acceptors (Lipinski definition) is 6. The third kappa shape index (κ3) is 5.55. The maximum Gasteiger partial charge on any atom is 0.330 e. The number of amides is 3. The van der Waals surface area contributed by atoms with Crippen LogP contribution in [0.1, 0.15) is 52.3 Å². The van der Waals surface area contributed by atoms with Crippen molar-refractivity contribution in [2.45, 2.75) is 45.7 Å². The minimum absolute atomic E-state index is 0. The molecule has 0 bridgehead atoms. The van der Waals surface area contributed by atoms with E-state index in [-0.39, 0.29) is 37.2 Å². The van der Waals surface area contributed by atoms with Crippen molar-refractivity contribution in [3.63, 3.8) is 0 Å². The van der Waals surface area contributed by atoms with Crippen LogP contribution in [0, 0.1) is 16.7 Å². The van der Waals surface area contributed by atoms with Gasteiger partial charge in [0.1, 0.15) is 11.5 Å². The van der Waals surface area contributed by atoms with E-state index in [0.717, 1.165) is 38.0 Å². The van der Waals surface area contributed by atoms with Crippen LogP contribution in [0.2, 0.25) is 0 Å². The Balaban J connectivity index is 0.00000420. The zero-order valence-corrected chi connectivity index (χ0v) is 22.6. The number of carbonyl (C=O) groups excluding carboxylic acids is 2. The van der Waals surface area contributed by atoms with Gasteiger partial charge in [0.2, 0.25) is 5.91 Å². The molecule has 1 aromatic heterocycles. The van der Waals surface area contributed by atoms with Crippen LogP contribution in [-0.2, 0) is 4.79 Å². The zero-order valence-electron chi connectivity index (χ0n) is 22.6. The number of likely N-dealkylation sites (tertiary alicyclic amines) is 1. The number of carbonyl (C=O) groups is 2. The van der Waals surface area contributed by atoms with Crippen LogP contribution in [0.15, 0.2) is 42.5 Å². The first-order valence-electron chi connectivity index (χ1n) is 13.2. The summed E-state index contributed by atoms with van der Waals surface area (Å²) in [6.07, 6.45) is 2.86. The summed E-state index contributed by atoms with van der Waals surface area (Å²) in [6, 6.07) is 13.5. The van der Waals surface area contributed by atoms with Crippen molar-refractivity contribution in [1.82, 2.24) is 20.1 Å². The number of nitrogens with one attached hydrogen (secondary N) is 3. The highest BCUT2D eigenvalue weighted by Crippen LogP contribution is 2.30. The quantitative estimate of drug-likeness (QED) is 0.360. The average Bonchev–Trinajstić information content (AvgIpc) is 3.33. The van der Waals surface area contributed by atoms with E-state index in [0.29, 0.717) is 24.6 Å². The lowest BCUT2D eigenvalue weighted by molar-refractivity contribution is -0.126. The lowest BCUT2D eigenvalue weighted by Gasteiger charge is -2.35. The molecule has 1 atom stereocenters. The minimum Gasteiger partial charge on any atom is -0.359 e. The number of nitrogens with zero attached hydrogens (tertiary/aromatic N) is 5. The van der Waals surface area contributed by atoms with Crippen molar-refractivity contribution in [3.8, 4) is 0 Å². The summed E-state index contributed by atoms with van der Waals surface area (Å²) >= 11 is 0. The van der Waals surface area contributed by atoms with Gasteiger partial charge in [-0.25, -0.2) is 9.78 Å². The van der Waals surface area contributed by atoms with Gasteiger partial charge in [-0.3, -0.25) is 30.3 Å². The maximum atomic E-state index is 13.3. The van der Waals surface area contributed by atoms with Gasteiger partial charge in [0.25, 0.3) is 0 Å². The largest absolute Gasteiger partial charge is 0.359 e. The first-order valence-corrected chi connectivity index (χ1v) is 13.2. The highest BCUT2D eigenvalue weighted by Gasteiger charge is 2.32. The summed E-state index contributed by atoms with van der Waals surface area (Å²) < 4.78 is 0. The van der Waals surface area contributed by atoms with Gasteiger partial charge in [0.15, 0.2) is 5.84 Å². The Hall–Kier alpha value is -3.79. The predicted molar refractivity (Wildman–Crippen MR) is 152 cm³/mol. The first-order chi connectivity index (χ1) is 18.2. The van der Waals surface area contributed by atoms with E-state index in [2.05, 4.69) is 34.3 Å². The molecule has 3 amide bonds. The molecular formula is C28H40N8O2. The smallest absolute Gasteiger partial charge is 0.330 e. The summed E-state index contributed by atoms with van der Waals surface area (Å²) in [7, 11) is 1.70. The Morgan fingerprint density at radius 3 is 2.34 bits per heavy atom.